The Morgan fingerprint density at radius 2 is 2.00 bits per heavy atom. The fourth-order valence-corrected chi connectivity index (χ4v) is 1.87. The van der Waals surface area contributed by atoms with Crippen LogP contribution in [0.2, 0.25) is 0 Å². The summed E-state index contributed by atoms with van der Waals surface area (Å²) in [5.41, 5.74) is 3.56. The highest BCUT2D eigenvalue weighted by Gasteiger charge is 2.08. The van der Waals surface area contributed by atoms with Crippen molar-refractivity contribution in [1.29, 1.82) is 0 Å². The third-order valence-corrected chi connectivity index (χ3v) is 3.00. The first kappa shape index (κ1) is 11.8. The molecule has 0 aliphatic carbocycles. The van der Waals surface area contributed by atoms with Crippen molar-refractivity contribution >= 4 is 0 Å². The van der Waals surface area contributed by atoms with Crippen molar-refractivity contribution in [2.45, 2.75) is 32.6 Å². The Kier molecular flexibility index (Phi) is 3.86. The second kappa shape index (κ2) is 5.58. The molecule has 2 aromatic rings. The average molecular weight is 226 g/mol. The van der Waals surface area contributed by atoms with Crippen LogP contribution in [-0.4, -0.2) is 9.97 Å². The molecule has 2 nitrogen and oxygen atoms in total. The first-order chi connectivity index (χ1) is 8.29. The molecular weight excluding hydrogens is 208 g/mol. The predicted molar refractivity (Wildman–Crippen MR) is 70.0 cm³/mol. The van der Waals surface area contributed by atoms with Crippen LogP contribution in [0.3, 0.4) is 0 Å². The number of hydrogen-bond acceptors (Lipinski definition) is 2. The van der Waals surface area contributed by atoms with Gasteiger partial charge in [-0.1, -0.05) is 26.0 Å². The number of pyridine rings is 2. The van der Waals surface area contributed by atoms with E-state index in [1.54, 1.807) is 0 Å². The molecule has 17 heavy (non-hydrogen) atoms. The van der Waals surface area contributed by atoms with Gasteiger partial charge in [0, 0.05) is 29.7 Å². The fraction of sp³-hybridized carbons (Fsp3) is 0.333. The number of rotatable bonds is 4. The van der Waals surface area contributed by atoms with Crippen molar-refractivity contribution in [2.75, 3.05) is 0 Å². The summed E-state index contributed by atoms with van der Waals surface area (Å²) in [6.07, 6.45) is 5.81. The Morgan fingerprint density at radius 1 is 1.12 bits per heavy atom. The zero-order chi connectivity index (χ0) is 12.1. The quantitative estimate of drug-likeness (QED) is 0.798. The normalized spacial score (nSPS) is 12.4. The van der Waals surface area contributed by atoms with E-state index in [2.05, 4.69) is 42.0 Å². The van der Waals surface area contributed by atoms with Crippen LogP contribution in [0.4, 0.5) is 0 Å². The standard InChI is InChI=1S/C15H18N2/c1-3-13-7-8-14(17-11-13)10-12(2)15-6-4-5-9-16-15/h4-9,11-12H,3,10H2,1-2H3. The summed E-state index contributed by atoms with van der Waals surface area (Å²) in [6, 6.07) is 10.3. The van der Waals surface area contributed by atoms with Gasteiger partial charge in [-0.15, -0.1) is 0 Å². The molecule has 0 bridgehead atoms. The van der Waals surface area contributed by atoms with E-state index >= 15 is 0 Å². The van der Waals surface area contributed by atoms with E-state index in [9.17, 15) is 0 Å². The van der Waals surface area contributed by atoms with Crippen LogP contribution in [0, 0.1) is 0 Å². The summed E-state index contributed by atoms with van der Waals surface area (Å²) in [7, 11) is 0. The van der Waals surface area contributed by atoms with Gasteiger partial charge in [-0.25, -0.2) is 0 Å². The summed E-state index contributed by atoms with van der Waals surface area (Å²) < 4.78 is 0. The number of nitrogens with zero attached hydrogens (tertiary/aromatic N) is 2. The van der Waals surface area contributed by atoms with E-state index in [0.717, 1.165) is 24.2 Å². The largest absolute Gasteiger partial charge is 0.261 e. The highest BCUT2D eigenvalue weighted by Crippen LogP contribution is 2.17. The number of aryl methyl sites for hydroxylation is 1. The molecule has 0 N–H and O–H groups in total. The molecule has 2 heterocycles. The van der Waals surface area contributed by atoms with E-state index in [-0.39, 0.29) is 0 Å². The summed E-state index contributed by atoms with van der Waals surface area (Å²) >= 11 is 0. The van der Waals surface area contributed by atoms with Crippen LogP contribution in [0.1, 0.15) is 36.7 Å². The first-order valence-corrected chi connectivity index (χ1v) is 6.14. The zero-order valence-corrected chi connectivity index (χ0v) is 10.4. The Morgan fingerprint density at radius 3 is 2.59 bits per heavy atom. The SMILES string of the molecule is CCc1ccc(CC(C)c2ccccn2)nc1. The molecule has 0 saturated heterocycles. The summed E-state index contributed by atoms with van der Waals surface area (Å²) in [5.74, 6) is 0.413. The molecule has 0 aliphatic heterocycles. The second-order valence-corrected chi connectivity index (χ2v) is 4.37. The third kappa shape index (κ3) is 3.13. The van der Waals surface area contributed by atoms with Gasteiger partial charge in [0.1, 0.15) is 0 Å². The maximum atomic E-state index is 4.49. The van der Waals surface area contributed by atoms with Crippen molar-refractivity contribution < 1.29 is 0 Å². The smallest absolute Gasteiger partial charge is 0.0435 e. The Balaban J connectivity index is 2.05. The highest BCUT2D eigenvalue weighted by atomic mass is 14.7. The van der Waals surface area contributed by atoms with Crippen LogP contribution in [-0.2, 0) is 12.8 Å². The minimum absolute atomic E-state index is 0.413. The molecule has 1 unspecified atom stereocenters. The zero-order valence-electron chi connectivity index (χ0n) is 10.4. The van der Waals surface area contributed by atoms with Crippen molar-refractivity contribution in [1.82, 2.24) is 9.97 Å². The van der Waals surface area contributed by atoms with Crippen molar-refractivity contribution in [3.8, 4) is 0 Å². The van der Waals surface area contributed by atoms with Gasteiger partial charge in [0.25, 0.3) is 0 Å². The van der Waals surface area contributed by atoms with Crippen LogP contribution in [0.5, 0.6) is 0 Å². The third-order valence-electron chi connectivity index (χ3n) is 3.00. The molecule has 0 radical (unpaired) electrons. The van der Waals surface area contributed by atoms with Gasteiger partial charge in [0.15, 0.2) is 0 Å². The van der Waals surface area contributed by atoms with Crippen molar-refractivity contribution in [3.05, 3.63) is 59.7 Å². The monoisotopic (exact) mass is 226 g/mol. The van der Waals surface area contributed by atoms with Gasteiger partial charge in [-0.3, -0.25) is 9.97 Å². The Bertz CT molecular complexity index is 448. The maximum Gasteiger partial charge on any atom is 0.0435 e. The minimum atomic E-state index is 0.413. The number of aromatic nitrogens is 2. The maximum absolute atomic E-state index is 4.49. The molecule has 0 aliphatic rings. The molecule has 0 amide bonds. The van der Waals surface area contributed by atoms with Crippen LogP contribution < -0.4 is 0 Å². The molecule has 0 fully saturated rings. The Hall–Kier alpha value is -1.70. The lowest BCUT2D eigenvalue weighted by atomic mass is 10.0. The van der Waals surface area contributed by atoms with Gasteiger partial charge in [0.05, 0.1) is 0 Å². The lowest BCUT2D eigenvalue weighted by Crippen LogP contribution is -2.02. The molecule has 0 spiro atoms. The Labute approximate surface area is 103 Å². The fourth-order valence-electron chi connectivity index (χ4n) is 1.87. The van der Waals surface area contributed by atoms with Crippen LogP contribution >= 0.6 is 0 Å². The number of hydrogen-bond donors (Lipinski definition) is 0. The predicted octanol–water partition coefficient (Wildman–Crippen LogP) is 3.39. The summed E-state index contributed by atoms with van der Waals surface area (Å²) in [6.45, 7) is 4.34. The van der Waals surface area contributed by atoms with E-state index < -0.39 is 0 Å². The molecule has 88 valence electrons. The minimum Gasteiger partial charge on any atom is -0.261 e. The van der Waals surface area contributed by atoms with E-state index in [0.29, 0.717) is 5.92 Å². The molecule has 2 aromatic heterocycles. The van der Waals surface area contributed by atoms with Crippen LogP contribution in [0.15, 0.2) is 42.7 Å². The van der Waals surface area contributed by atoms with Gasteiger partial charge < -0.3 is 0 Å². The molecule has 0 aromatic carbocycles. The highest BCUT2D eigenvalue weighted by molar-refractivity contribution is 5.17. The van der Waals surface area contributed by atoms with Crippen LogP contribution in [0.25, 0.3) is 0 Å². The van der Waals surface area contributed by atoms with Crippen molar-refractivity contribution in [2.24, 2.45) is 0 Å². The summed E-state index contributed by atoms with van der Waals surface area (Å²) in [4.78, 5) is 8.87. The van der Waals surface area contributed by atoms with E-state index in [1.807, 2.05) is 24.5 Å². The topological polar surface area (TPSA) is 25.8 Å². The molecule has 2 rings (SSSR count). The van der Waals surface area contributed by atoms with Gasteiger partial charge in [-0.2, -0.15) is 0 Å². The van der Waals surface area contributed by atoms with Gasteiger partial charge >= 0.3 is 0 Å². The lowest BCUT2D eigenvalue weighted by Gasteiger charge is -2.10. The van der Waals surface area contributed by atoms with E-state index in [1.165, 1.54) is 5.56 Å². The molecular formula is C15H18N2. The summed E-state index contributed by atoms with van der Waals surface area (Å²) in [5, 5.41) is 0. The lowest BCUT2D eigenvalue weighted by molar-refractivity contribution is 0.714. The van der Waals surface area contributed by atoms with Gasteiger partial charge in [0.2, 0.25) is 0 Å². The first-order valence-electron chi connectivity index (χ1n) is 6.14. The van der Waals surface area contributed by atoms with Gasteiger partial charge in [-0.05, 0) is 36.6 Å². The second-order valence-electron chi connectivity index (χ2n) is 4.37. The van der Waals surface area contributed by atoms with E-state index in [4.69, 9.17) is 0 Å². The molecule has 1 atom stereocenters. The van der Waals surface area contributed by atoms with Crippen molar-refractivity contribution in [3.63, 3.8) is 0 Å². The molecule has 2 heteroatoms. The average Bonchev–Trinajstić information content (AvgIpc) is 2.40. The molecule has 0 saturated carbocycles.